The molecule has 1 aromatic rings. The van der Waals surface area contributed by atoms with Crippen LogP contribution in [0, 0.1) is 5.92 Å². The second-order valence-corrected chi connectivity index (χ2v) is 5.99. The zero-order chi connectivity index (χ0) is 14.4. The van der Waals surface area contributed by atoms with Gasteiger partial charge in [0.15, 0.2) is 0 Å². The molecule has 0 amide bonds. The van der Waals surface area contributed by atoms with Crippen molar-refractivity contribution in [2.75, 3.05) is 31.6 Å². The summed E-state index contributed by atoms with van der Waals surface area (Å²) in [6, 6.07) is 9.46. The lowest BCUT2D eigenvalue weighted by atomic mass is 10.0. The van der Waals surface area contributed by atoms with Crippen molar-refractivity contribution in [3.8, 4) is 0 Å². The summed E-state index contributed by atoms with van der Waals surface area (Å²) in [7, 11) is 0. The topological polar surface area (TPSA) is 24.5 Å². The van der Waals surface area contributed by atoms with Crippen LogP contribution in [0.5, 0.6) is 0 Å². The van der Waals surface area contributed by atoms with Gasteiger partial charge in [-0.1, -0.05) is 32.9 Å². The van der Waals surface area contributed by atoms with Crippen LogP contribution >= 0.6 is 0 Å². The molecule has 1 unspecified atom stereocenters. The number of morpholine rings is 1. The van der Waals surface area contributed by atoms with E-state index < -0.39 is 0 Å². The molecule has 0 saturated carbocycles. The molecule has 1 aliphatic heterocycles. The predicted octanol–water partition coefficient (Wildman–Crippen LogP) is 3.37. The van der Waals surface area contributed by atoms with Gasteiger partial charge in [0.05, 0.1) is 13.2 Å². The van der Waals surface area contributed by atoms with Crippen molar-refractivity contribution < 1.29 is 4.74 Å². The molecule has 112 valence electrons. The molecule has 0 spiro atoms. The third kappa shape index (κ3) is 4.50. The van der Waals surface area contributed by atoms with Crippen LogP contribution in [0.15, 0.2) is 24.3 Å². The highest BCUT2D eigenvalue weighted by Gasteiger charge is 2.12. The Morgan fingerprint density at radius 2 is 1.80 bits per heavy atom. The molecule has 0 aromatic heterocycles. The predicted molar refractivity (Wildman–Crippen MR) is 85.1 cm³/mol. The second kappa shape index (κ2) is 7.65. The van der Waals surface area contributed by atoms with E-state index in [1.165, 1.54) is 11.3 Å². The number of rotatable bonds is 6. The van der Waals surface area contributed by atoms with Crippen molar-refractivity contribution in [2.24, 2.45) is 5.92 Å². The molecular weight excluding hydrogens is 248 g/mol. The van der Waals surface area contributed by atoms with Gasteiger partial charge in [-0.05, 0) is 30.0 Å². The smallest absolute Gasteiger partial charge is 0.0594 e. The van der Waals surface area contributed by atoms with Crippen LogP contribution in [0.3, 0.4) is 0 Å². The lowest BCUT2D eigenvalue weighted by Crippen LogP contribution is -2.35. The summed E-state index contributed by atoms with van der Waals surface area (Å²) in [4.78, 5) is 2.45. The summed E-state index contributed by atoms with van der Waals surface area (Å²) >= 11 is 0. The summed E-state index contributed by atoms with van der Waals surface area (Å²) in [5.41, 5.74) is 2.62. The quantitative estimate of drug-likeness (QED) is 0.862. The summed E-state index contributed by atoms with van der Waals surface area (Å²) in [5, 5.41) is 3.63. The Hall–Kier alpha value is -1.06. The first-order valence-electron chi connectivity index (χ1n) is 7.84. The normalized spacial score (nSPS) is 18.2. The molecule has 1 aromatic carbocycles. The Kier molecular flexibility index (Phi) is 5.86. The molecule has 1 heterocycles. The van der Waals surface area contributed by atoms with Crippen molar-refractivity contribution in [2.45, 2.75) is 39.8 Å². The molecule has 1 saturated heterocycles. The van der Waals surface area contributed by atoms with E-state index in [1.807, 2.05) is 0 Å². The molecular formula is C17H28N2O. The van der Waals surface area contributed by atoms with Crippen molar-refractivity contribution in [3.05, 3.63) is 29.8 Å². The van der Waals surface area contributed by atoms with Crippen molar-refractivity contribution in [3.63, 3.8) is 0 Å². The minimum Gasteiger partial charge on any atom is -0.382 e. The van der Waals surface area contributed by atoms with Crippen LogP contribution in [-0.2, 0) is 11.3 Å². The van der Waals surface area contributed by atoms with Crippen LogP contribution in [0.1, 0.15) is 32.8 Å². The van der Waals surface area contributed by atoms with Gasteiger partial charge in [0.2, 0.25) is 0 Å². The van der Waals surface area contributed by atoms with E-state index in [0.717, 1.165) is 39.3 Å². The van der Waals surface area contributed by atoms with Crippen LogP contribution < -0.4 is 5.32 Å². The van der Waals surface area contributed by atoms with Gasteiger partial charge in [0.25, 0.3) is 0 Å². The minimum absolute atomic E-state index is 0.556. The fraction of sp³-hybridized carbons (Fsp3) is 0.647. The molecule has 1 N–H and O–H groups in total. The third-order valence-corrected chi connectivity index (χ3v) is 4.06. The summed E-state index contributed by atoms with van der Waals surface area (Å²) in [6.07, 6.45) is 1.16. The zero-order valence-electron chi connectivity index (χ0n) is 13.1. The van der Waals surface area contributed by atoms with Crippen LogP contribution in [0.2, 0.25) is 0 Å². The summed E-state index contributed by atoms with van der Waals surface area (Å²) in [6.45, 7) is 11.6. The highest BCUT2D eigenvalue weighted by Crippen LogP contribution is 2.17. The highest BCUT2D eigenvalue weighted by atomic mass is 16.5. The standard InChI is InChI=1S/C17H28N2O/c1-4-17(14(2)3)18-16-7-5-15(6-8-16)13-19-9-11-20-12-10-19/h5-8,14,17-18H,4,9-13H2,1-3H3. The molecule has 1 aliphatic rings. The Morgan fingerprint density at radius 1 is 1.15 bits per heavy atom. The van der Waals surface area contributed by atoms with Gasteiger partial charge >= 0.3 is 0 Å². The third-order valence-electron chi connectivity index (χ3n) is 4.06. The Bertz CT molecular complexity index is 382. The molecule has 0 radical (unpaired) electrons. The summed E-state index contributed by atoms with van der Waals surface area (Å²) < 4.78 is 5.38. The van der Waals surface area contributed by atoms with E-state index in [4.69, 9.17) is 4.74 Å². The van der Waals surface area contributed by atoms with Crippen LogP contribution in [-0.4, -0.2) is 37.2 Å². The molecule has 0 aliphatic carbocycles. The Labute approximate surface area is 123 Å². The maximum atomic E-state index is 5.38. The summed E-state index contributed by atoms with van der Waals surface area (Å²) in [5.74, 6) is 0.660. The average Bonchev–Trinajstić information content (AvgIpc) is 2.47. The van der Waals surface area contributed by atoms with E-state index in [9.17, 15) is 0 Å². The van der Waals surface area contributed by atoms with Gasteiger partial charge in [-0.15, -0.1) is 0 Å². The van der Waals surface area contributed by atoms with E-state index in [2.05, 4.69) is 55.3 Å². The number of nitrogens with one attached hydrogen (secondary N) is 1. The number of hydrogen-bond donors (Lipinski definition) is 1. The highest BCUT2D eigenvalue weighted by molar-refractivity contribution is 5.45. The van der Waals surface area contributed by atoms with Gasteiger partial charge in [-0.3, -0.25) is 4.90 Å². The molecule has 1 atom stereocenters. The molecule has 20 heavy (non-hydrogen) atoms. The van der Waals surface area contributed by atoms with E-state index in [-0.39, 0.29) is 0 Å². The van der Waals surface area contributed by atoms with E-state index >= 15 is 0 Å². The first-order chi connectivity index (χ1) is 9.69. The maximum absolute atomic E-state index is 5.38. The average molecular weight is 276 g/mol. The molecule has 2 rings (SSSR count). The van der Waals surface area contributed by atoms with Gasteiger partial charge in [-0.2, -0.15) is 0 Å². The van der Waals surface area contributed by atoms with Gasteiger partial charge < -0.3 is 10.1 Å². The Balaban J connectivity index is 1.88. The van der Waals surface area contributed by atoms with Gasteiger partial charge in [0, 0.05) is 31.4 Å². The first-order valence-corrected chi connectivity index (χ1v) is 7.84. The van der Waals surface area contributed by atoms with E-state index in [0.29, 0.717) is 12.0 Å². The minimum atomic E-state index is 0.556. The van der Waals surface area contributed by atoms with E-state index in [1.54, 1.807) is 0 Å². The fourth-order valence-corrected chi connectivity index (χ4v) is 2.68. The zero-order valence-corrected chi connectivity index (χ0v) is 13.1. The maximum Gasteiger partial charge on any atom is 0.0594 e. The van der Waals surface area contributed by atoms with Crippen molar-refractivity contribution >= 4 is 5.69 Å². The number of benzene rings is 1. The van der Waals surface area contributed by atoms with Gasteiger partial charge in [0.1, 0.15) is 0 Å². The second-order valence-electron chi connectivity index (χ2n) is 5.99. The molecule has 3 nitrogen and oxygen atoms in total. The monoisotopic (exact) mass is 276 g/mol. The first kappa shape index (κ1) is 15.3. The molecule has 1 fully saturated rings. The number of ether oxygens (including phenoxy) is 1. The molecule has 3 heteroatoms. The van der Waals surface area contributed by atoms with Crippen LogP contribution in [0.4, 0.5) is 5.69 Å². The number of nitrogens with zero attached hydrogens (tertiary/aromatic N) is 1. The lowest BCUT2D eigenvalue weighted by molar-refractivity contribution is 0.0342. The lowest BCUT2D eigenvalue weighted by Gasteiger charge is -2.26. The molecule has 0 bridgehead atoms. The Morgan fingerprint density at radius 3 is 2.35 bits per heavy atom. The number of hydrogen-bond acceptors (Lipinski definition) is 3. The van der Waals surface area contributed by atoms with Crippen molar-refractivity contribution in [1.82, 2.24) is 4.90 Å². The van der Waals surface area contributed by atoms with Crippen molar-refractivity contribution in [1.29, 1.82) is 0 Å². The fourth-order valence-electron chi connectivity index (χ4n) is 2.68. The SMILES string of the molecule is CCC(Nc1ccc(CN2CCOCC2)cc1)C(C)C. The number of anilines is 1. The van der Waals surface area contributed by atoms with Crippen LogP contribution in [0.25, 0.3) is 0 Å². The largest absolute Gasteiger partial charge is 0.382 e. The van der Waals surface area contributed by atoms with Gasteiger partial charge in [-0.25, -0.2) is 0 Å².